The second kappa shape index (κ2) is 6.36. The Hall–Kier alpha value is -1.81. The van der Waals surface area contributed by atoms with Gasteiger partial charge in [0.25, 0.3) is 0 Å². The standard InChI is InChI=1S/C19H19F3O/c1-3-4-13-9-12-7-8-15(14-6-5-11(2)23-10-14)18(21)16(12)19(22)17(13)20/h6-9,11H,3-5,10H2,1-2H3. The van der Waals surface area contributed by atoms with Crippen LogP contribution in [-0.2, 0) is 11.2 Å². The molecule has 0 N–H and O–H groups in total. The van der Waals surface area contributed by atoms with Crippen LogP contribution < -0.4 is 0 Å². The van der Waals surface area contributed by atoms with Crippen molar-refractivity contribution < 1.29 is 17.9 Å². The molecule has 1 aliphatic rings. The van der Waals surface area contributed by atoms with E-state index in [0.29, 0.717) is 35.8 Å². The molecule has 0 aliphatic carbocycles. The largest absolute Gasteiger partial charge is 0.373 e. The van der Waals surface area contributed by atoms with E-state index < -0.39 is 17.5 Å². The smallest absolute Gasteiger partial charge is 0.169 e. The Morgan fingerprint density at radius 3 is 2.57 bits per heavy atom. The Kier molecular flexibility index (Phi) is 4.44. The van der Waals surface area contributed by atoms with Gasteiger partial charge >= 0.3 is 0 Å². The van der Waals surface area contributed by atoms with Crippen molar-refractivity contribution in [1.29, 1.82) is 0 Å². The quantitative estimate of drug-likeness (QED) is 0.735. The lowest BCUT2D eigenvalue weighted by atomic mass is 9.96. The second-order valence-corrected chi connectivity index (χ2v) is 6.03. The van der Waals surface area contributed by atoms with Crippen LogP contribution in [0.4, 0.5) is 13.2 Å². The molecular formula is C19H19F3O. The Balaban J connectivity index is 2.16. The summed E-state index contributed by atoms with van der Waals surface area (Å²) in [7, 11) is 0. The molecule has 0 bridgehead atoms. The molecule has 122 valence electrons. The van der Waals surface area contributed by atoms with Crippen molar-refractivity contribution in [3.8, 4) is 0 Å². The molecule has 1 heterocycles. The van der Waals surface area contributed by atoms with Gasteiger partial charge in [-0.05, 0) is 42.4 Å². The Bertz CT molecular complexity index is 780. The highest BCUT2D eigenvalue weighted by atomic mass is 19.2. The van der Waals surface area contributed by atoms with Crippen LogP contribution in [-0.4, -0.2) is 12.7 Å². The summed E-state index contributed by atoms with van der Waals surface area (Å²) >= 11 is 0. The lowest BCUT2D eigenvalue weighted by Crippen LogP contribution is -2.15. The molecule has 0 radical (unpaired) electrons. The molecule has 4 heteroatoms. The van der Waals surface area contributed by atoms with E-state index in [9.17, 15) is 13.2 Å². The van der Waals surface area contributed by atoms with Crippen LogP contribution in [0.25, 0.3) is 16.3 Å². The summed E-state index contributed by atoms with van der Waals surface area (Å²) < 4.78 is 48.8. The third-order valence-electron chi connectivity index (χ3n) is 4.28. The number of halogens is 3. The van der Waals surface area contributed by atoms with E-state index in [0.717, 1.165) is 0 Å². The third kappa shape index (κ3) is 2.88. The van der Waals surface area contributed by atoms with E-state index in [-0.39, 0.29) is 23.7 Å². The van der Waals surface area contributed by atoms with E-state index in [1.807, 2.05) is 19.9 Å². The Morgan fingerprint density at radius 1 is 1.13 bits per heavy atom. The van der Waals surface area contributed by atoms with E-state index >= 15 is 0 Å². The summed E-state index contributed by atoms with van der Waals surface area (Å²) in [5, 5.41) is 0.110. The minimum Gasteiger partial charge on any atom is -0.373 e. The van der Waals surface area contributed by atoms with Crippen molar-refractivity contribution in [1.82, 2.24) is 0 Å². The summed E-state index contributed by atoms with van der Waals surface area (Å²) in [5.41, 5.74) is 1.25. The fraction of sp³-hybridized carbons (Fsp3) is 0.368. The summed E-state index contributed by atoms with van der Waals surface area (Å²) in [6.07, 6.45) is 3.80. The number of hydrogen-bond acceptors (Lipinski definition) is 1. The van der Waals surface area contributed by atoms with E-state index in [1.54, 1.807) is 12.1 Å². The number of ether oxygens (including phenoxy) is 1. The number of hydrogen-bond donors (Lipinski definition) is 0. The maximum Gasteiger partial charge on any atom is 0.169 e. The van der Waals surface area contributed by atoms with E-state index in [1.165, 1.54) is 6.07 Å². The van der Waals surface area contributed by atoms with Crippen molar-refractivity contribution in [2.45, 2.75) is 39.2 Å². The van der Waals surface area contributed by atoms with Gasteiger partial charge in [0, 0.05) is 5.56 Å². The van der Waals surface area contributed by atoms with Crippen LogP contribution >= 0.6 is 0 Å². The molecule has 0 spiro atoms. The van der Waals surface area contributed by atoms with Gasteiger partial charge in [-0.3, -0.25) is 0 Å². The van der Waals surface area contributed by atoms with Crippen molar-refractivity contribution in [2.24, 2.45) is 0 Å². The summed E-state index contributed by atoms with van der Waals surface area (Å²) in [6, 6.07) is 4.81. The highest BCUT2D eigenvalue weighted by Gasteiger charge is 2.21. The van der Waals surface area contributed by atoms with Gasteiger partial charge in [-0.25, -0.2) is 13.2 Å². The molecule has 1 aliphatic heterocycles. The van der Waals surface area contributed by atoms with Gasteiger partial charge in [0.1, 0.15) is 5.82 Å². The molecule has 1 atom stereocenters. The number of fused-ring (bicyclic) bond motifs is 1. The van der Waals surface area contributed by atoms with Gasteiger partial charge in [0.05, 0.1) is 18.1 Å². The molecule has 0 saturated heterocycles. The van der Waals surface area contributed by atoms with E-state index in [4.69, 9.17) is 4.74 Å². The molecule has 1 unspecified atom stereocenters. The highest BCUT2D eigenvalue weighted by Crippen LogP contribution is 2.32. The van der Waals surface area contributed by atoms with Crippen molar-refractivity contribution >= 4 is 16.3 Å². The minimum absolute atomic E-state index is 0.0908. The van der Waals surface area contributed by atoms with Crippen molar-refractivity contribution in [2.75, 3.05) is 6.61 Å². The van der Waals surface area contributed by atoms with Gasteiger partial charge in [0.15, 0.2) is 11.6 Å². The van der Waals surface area contributed by atoms with Crippen LogP contribution in [0.1, 0.15) is 37.8 Å². The van der Waals surface area contributed by atoms with Gasteiger partial charge in [0.2, 0.25) is 0 Å². The molecule has 0 saturated carbocycles. The zero-order valence-corrected chi connectivity index (χ0v) is 13.3. The Morgan fingerprint density at radius 2 is 1.91 bits per heavy atom. The summed E-state index contributed by atoms with van der Waals surface area (Å²) in [4.78, 5) is 0. The van der Waals surface area contributed by atoms with Crippen LogP contribution in [0.5, 0.6) is 0 Å². The first-order valence-electron chi connectivity index (χ1n) is 7.93. The van der Waals surface area contributed by atoms with Crippen molar-refractivity contribution in [3.05, 3.63) is 52.9 Å². The monoisotopic (exact) mass is 320 g/mol. The lowest BCUT2D eigenvalue weighted by molar-refractivity contribution is 0.0871. The van der Waals surface area contributed by atoms with Gasteiger partial charge in [-0.1, -0.05) is 31.6 Å². The maximum absolute atomic E-state index is 14.8. The number of rotatable bonds is 3. The Labute approximate surface area is 133 Å². The molecule has 23 heavy (non-hydrogen) atoms. The van der Waals surface area contributed by atoms with Gasteiger partial charge in [-0.15, -0.1) is 0 Å². The average molecular weight is 320 g/mol. The third-order valence-corrected chi connectivity index (χ3v) is 4.28. The minimum atomic E-state index is -1.10. The molecule has 2 aromatic carbocycles. The molecule has 0 fully saturated rings. The molecule has 1 nitrogen and oxygen atoms in total. The van der Waals surface area contributed by atoms with Gasteiger partial charge < -0.3 is 4.74 Å². The number of benzene rings is 2. The predicted octanol–water partition coefficient (Wildman–Crippen LogP) is 5.40. The molecule has 0 aromatic heterocycles. The van der Waals surface area contributed by atoms with Crippen LogP contribution in [0.2, 0.25) is 0 Å². The molecule has 0 amide bonds. The van der Waals surface area contributed by atoms with Crippen LogP contribution in [0.3, 0.4) is 0 Å². The fourth-order valence-electron chi connectivity index (χ4n) is 2.99. The molecule has 2 aromatic rings. The zero-order chi connectivity index (χ0) is 16.6. The van der Waals surface area contributed by atoms with Crippen molar-refractivity contribution in [3.63, 3.8) is 0 Å². The highest BCUT2D eigenvalue weighted by molar-refractivity contribution is 5.88. The summed E-state index contributed by atoms with van der Waals surface area (Å²) in [6.45, 7) is 4.11. The van der Waals surface area contributed by atoms with Crippen LogP contribution in [0, 0.1) is 17.5 Å². The van der Waals surface area contributed by atoms with Crippen LogP contribution in [0.15, 0.2) is 24.3 Å². The zero-order valence-electron chi connectivity index (χ0n) is 13.3. The first-order valence-corrected chi connectivity index (χ1v) is 7.93. The summed E-state index contributed by atoms with van der Waals surface area (Å²) in [5.74, 6) is -2.76. The average Bonchev–Trinajstić information content (AvgIpc) is 2.54. The predicted molar refractivity (Wildman–Crippen MR) is 85.8 cm³/mol. The lowest BCUT2D eigenvalue weighted by Gasteiger charge is -2.20. The molecule has 3 rings (SSSR count). The second-order valence-electron chi connectivity index (χ2n) is 6.03. The first-order chi connectivity index (χ1) is 11.0. The molecular weight excluding hydrogens is 301 g/mol. The normalized spacial score (nSPS) is 18.3. The van der Waals surface area contributed by atoms with E-state index in [2.05, 4.69) is 0 Å². The maximum atomic E-state index is 14.8. The van der Waals surface area contributed by atoms with Gasteiger partial charge in [-0.2, -0.15) is 0 Å². The topological polar surface area (TPSA) is 9.23 Å². The SMILES string of the molecule is CCCc1cc2ccc(C3=CCC(C)OC3)c(F)c2c(F)c1F. The first kappa shape index (κ1) is 16.1. The number of aryl methyl sites for hydroxylation is 1. The fourth-order valence-corrected chi connectivity index (χ4v) is 2.99.